The first kappa shape index (κ1) is 17.1. The quantitative estimate of drug-likeness (QED) is 0.730. The summed E-state index contributed by atoms with van der Waals surface area (Å²) in [4.78, 5) is 12.7. The topological polar surface area (TPSA) is 76.2 Å². The van der Waals surface area contributed by atoms with Crippen LogP contribution in [0, 0.1) is 0 Å². The fourth-order valence-electron chi connectivity index (χ4n) is 3.47. The lowest BCUT2D eigenvalue weighted by Crippen LogP contribution is -2.24. The molecular weight excluding hydrogens is 342 g/mol. The summed E-state index contributed by atoms with van der Waals surface area (Å²) in [6.07, 6.45) is 1.63. The predicted molar refractivity (Wildman–Crippen MR) is 102 cm³/mol. The number of aromatic nitrogens is 2. The summed E-state index contributed by atoms with van der Waals surface area (Å²) in [5.41, 5.74) is 5.58. The van der Waals surface area contributed by atoms with Crippen LogP contribution in [0.25, 0.3) is 11.3 Å². The number of aromatic amines is 1. The third kappa shape index (κ3) is 3.26. The molecule has 0 unspecified atom stereocenters. The smallest absolute Gasteiger partial charge is 0.269 e. The van der Waals surface area contributed by atoms with Gasteiger partial charge in [0.15, 0.2) is 0 Å². The van der Waals surface area contributed by atoms with Gasteiger partial charge in [0.1, 0.15) is 17.2 Å². The third-order valence-corrected chi connectivity index (χ3v) is 4.89. The zero-order valence-corrected chi connectivity index (χ0v) is 15.3. The van der Waals surface area contributed by atoms with Crippen LogP contribution in [0.3, 0.4) is 0 Å². The first-order chi connectivity index (χ1) is 13.2. The van der Waals surface area contributed by atoms with Crippen molar-refractivity contribution in [1.29, 1.82) is 0 Å². The molecule has 6 nitrogen and oxygen atoms in total. The van der Waals surface area contributed by atoms with Gasteiger partial charge in [-0.25, -0.2) is 0 Å². The highest BCUT2D eigenvalue weighted by Crippen LogP contribution is 2.35. The molecule has 0 saturated heterocycles. The molecule has 27 heavy (non-hydrogen) atoms. The van der Waals surface area contributed by atoms with E-state index in [1.807, 2.05) is 42.5 Å². The van der Waals surface area contributed by atoms with Crippen molar-refractivity contribution < 1.29 is 14.3 Å². The SMILES string of the molecule is COc1cccc(CNC(=O)c2[nH]nc3c2CCc2cc(OC)ccc2-3)c1. The highest BCUT2D eigenvalue weighted by molar-refractivity contribution is 5.96. The number of H-pyrrole nitrogens is 1. The lowest BCUT2D eigenvalue weighted by Gasteiger charge is -2.17. The van der Waals surface area contributed by atoms with E-state index in [4.69, 9.17) is 9.47 Å². The van der Waals surface area contributed by atoms with Crippen LogP contribution in [0.4, 0.5) is 0 Å². The van der Waals surface area contributed by atoms with E-state index in [1.54, 1.807) is 14.2 Å². The monoisotopic (exact) mass is 363 g/mol. The summed E-state index contributed by atoms with van der Waals surface area (Å²) < 4.78 is 10.5. The van der Waals surface area contributed by atoms with E-state index in [1.165, 1.54) is 5.56 Å². The molecule has 1 aliphatic carbocycles. The minimum atomic E-state index is -0.150. The molecule has 0 saturated carbocycles. The first-order valence-corrected chi connectivity index (χ1v) is 8.85. The molecule has 1 amide bonds. The molecule has 1 aliphatic rings. The Bertz CT molecular complexity index is 994. The second-order valence-corrected chi connectivity index (χ2v) is 6.48. The maximum absolute atomic E-state index is 12.7. The molecule has 2 N–H and O–H groups in total. The minimum absolute atomic E-state index is 0.150. The Labute approximate surface area is 157 Å². The number of hydrogen-bond donors (Lipinski definition) is 2. The summed E-state index contributed by atoms with van der Waals surface area (Å²) >= 11 is 0. The lowest BCUT2D eigenvalue weighted by molar-refractivity contribution is 0.0945. The molecule has 138 valence electrons. The number of amides is 1. The fourth-order valence-corrected chi connectivity index (χ4v) is 3.47. The number of carbonyl (C=O) groups excluding carboxylic acids is 1. The predicted octanol–water partition coefficient (Wildman–Crippen LogP) is 3.12. The van der Waals surface area contributed by atoms with Crippen LogP contribution in [0.2, 0.25) is 0 Å². The van der Waals surface area contributed by atoms with Gasteiger partial charge in [-0.2, -0.15) is 5.10 Å². The molecule has 1 aromatic heterocycles. The van der Waals surface area contributed by atoms with Gasteiger partial charge in [0.25, 0.3) is 5.91 Å². The van der Waals surface area contributed by atoms with Crippen molar-refractivity contribution in [2.75, 3.05) is 14.2 Å². The van der Waals surface area contributed by atoms with E-state index in [-0.39, 0.29) is 5.91 Å². The Morgan fingerprint density at radius 3 is 2.74 bits per heavy atom. The van der Waals surface area contributed by atoms with Gasteiger partial charge in [0.05, 0.1) is 19.9 Å². The van der Waals surface area contributed by atoms with Crippen LogP contribution in [0.1, 0.15) is 27.2 Å². The van der Waals surface area contributed by atoms with Crippen molar-refractivity contribution in [3.8, 4) is 22.8 Å². The number of ether oxygens (including phenoxy) is 2. The van der Waals surface area contributed by atoms with Gasteiger partial charge in [-0.1, -0.05) is 12.1 Å². The standard InChI is InChI=1S/C21H21N3O3/c1-26-15-5-3-4-13(10-15)12-22-21(25)20-18-8-6-14-11-16(27-2)7-9-17(14)19(18)23-24-20/h3-5,7,9-11H,6,8,12H2,1-2H3,(H,22,25)(H,23,24). The third-order valence-electron chi connectivity index (χ3n) is 4.89. The first-order valence-electron chi connectivity index (χ1n) is 8.85. The largest absolute Gasteiger partial charge is 0.497 e. The van der Waals surface area contributed by atoms with Gasteiger partial charge < -0.3 is 14.8 Å². The van der Waals surface area contributed by atoms with Crippen molar-refractivity contribution in [1.82, 2.24) is 15.5 Å². The van der Waals surface area contributed by atoms with E-state index in [9.17, 15) is 4.79 Å². The highest BCUT2D eigenvalue weighted by atomic mass is 16.5. The molecule has 0 radical (unpaired) electrons. The Morgan fingerprint density at radius 2 is 1.93 bits per heavy atom. The number of hydrogen-bond acceptors (Lipinski definition) is 4. The number of nitrogens with one attached hydrogen (secondary N) is 2. The average molecular weight is 363 g/mol. The van der Waals surface area contributed by atoms with E-state index in [0.717, 1.165) is 46.7 Å². The average Bonchev–Trinajstić information content (AvgIpc) is 3.16. The van der Waals surface area contributed by atoms with E-state index in [2.05, 4.69) is 15.5 Å². The molecular formula is C21H21N3O3. The zero-order chi connectivity index (χ0) is 18.8. The number of methoxy groups -OCH3 is 2. The highest BCUT2D eigenvalue weighted by Gasteiger charge is 2.25. The Morgan fingerprint density at radius 1 is 1.11 bits per heavy atom. The molecule has 0 fully saturated rings. The van der Waals surface area contributed by atoms with Gasteiger partial charge in [-0.3, -0.25) is 9.89 Å². The van der Waals surface area contributed by atoms with E-state index < -0.39 is 0 Å². The van der Waals surface area contributed by atoms with Crippen LogP contribution in [-0.4, -0.2) is 30.3 Å². The van der Waals surface area contributed by atoms with Crippen molar-refractivity contribution in [2.24, 2.45) is 0 Å². The summed E-state index contributed by atoms with van der Waals surface area (Å²) in [6.45, 7) is 0.428. The second-order valence-electron chi connectivity index (χ2n) is 6.48. The van der Waals surface area contributed by atoms with Gasteiger partial charge >= 0.3 is 0 Å². The second kappa shape index (κ2) is 7.15. The van der Waals surface area contributed by atoms with Crippen molar-refractivity contribution >= 4 is 5.91 Å². The van der Waals surface area contributed by atoms with Crippen LogP contribution in [0.5, 0.6) is 11.5 Å². The number of benzene rings is 2. The van der Waals surface area contributed by atoms with Crippen LogP contribution in [0.15, 0.2) is 42.5 Å². The molecule has 0 atom stereocenters. The molecule has 0 bridgehead atoms. The lowest BCUT2D eigenvalue weighted by atomic mass is 9.89. The van der Waals surface area contributed by atoms with E-state index >= 15 is 0 Å². The molecule has 1 heterocycles. The number of fused-ring (bicyclic) bond motifs is 3. The molecule has 0 aliphatic heterocycles. The maximum atomic E-state index is 12.7. The van der Waals surface area contributed by atoms with Gasteiger partial charge in [0, 0.05) is 17.7 Å². The fraction of sp³-hybridized carbons (Fsp3) is 0.238. The Kier molecular flexibility index (Phi) is 4.54. The molecule has 0 spiro atoms. The summed E-state index contributed by atoms with van der Waals surface area (Å²) in [7, 11) is 3.29. The van der Waals surface area contributed by atoms with Gasteiger partial charge in [0.2, 0.25) is 0 Å². The summed E-state index contributed by atoms with van der Waals surface area (Å²) in [5, 5.41) is 10.3. The maximum Gasteiger partial charge on any atom is 0.269 e. The van der Waals surface area contributed by atoms with Crippen molar-refractivity contribution in [3.63, 3.8) is 0 Å². The van der Waals surface area contributed by atoms with Crippen molar-refractivity contribution in [3.05, 3.63) is 64.8 Å². The normalized spacial score (nSPS) is 12.1. The number of carbonyl (C=O) groups is 1. The summed E-state index contributed by atoms with van der Waals surface area (Å²) in [6, 6.07) is 13.6. The summed E-state index contributed by atoms with van der Waals surface area (Å²) in [5.74, 6) is 1.46. The molecule has 4 rings (SSSR count). The van der Waals surface area contributed by atoms with Gasteiger partial charge in [-0.05, 0) is 54.3 Å². The molecule has 6 heteroatoms. The van der Waals surface area contributed by atoms with Crippen molar-refractivity contribution in [2.45, 2.75) is 19.4 Å². The number of nitrogens with zero attached hydrogens (tertiary/aromatic N) is 1. The van der Waals surface area contributed by atoms with Crippen LogP contribution < -0.4 is 14.8 Å². The number of aryl methyl sites for hydroxylation is 1. The Hall–Kier alpha value is -3.28. The molecule has 3 aromatic rings. The molecule has 2 aromatic carbocycles. The van der Waals surface area contributed by atoms with Gasteiger partial charge in [-0.15, -0.1) is 0 Å². The Balaban J connectivity index is 1.54. The van der Waals surface area contributed by atoms with Crippen LogP contribution in [-0.2, 0) is 19.4 Å². The minimum Gasteiger partial charge on any atom is -0.497 e. The van der Waals surface area contributed by atoms with E-state index in [0.29, 0.717) is 12.2 Å². The van der Waals surface area contributed by atoms with Crippen LogP contribution >= 0.6 is 0 Å². The number of rotatable bonds is 5. The zero-order valence-electron chi connectivity index (χ0n) is 15.3.